The van der Waals surface area contributed by atoms with E-state index in [-0.39, 0.29) is 17.8 Å². The van der Waals surface area contributed by atoms with Crippen LogP contribution < -0.4 is 15.5 Å². The number of ether oxygens (including phenoxy) is 2. The summed E-state index contributed by atoms with van der Waals surface area (Å²) in [5.74, 6) is -0.627. The number of benzene rings is 3. The van der Waals surface area contributed by atoms with Gasteiger partial charge in [-0.25, -0.2) is 4.79 Å². The first-order valence-corrected chi connectivity index (χ1v) is 10.8. The van der Waals surface area contributed by atoms with Gasteiger partial charge in [0.2, 0.25) is 0 Å². The highest BCUT2D eigenvalue weighted by molar-refractivity contribution is 6.31. The second-order valence-electron chi connectivity index (χ2n) is 7.42. The molecule has 1 heterocycles. The summed E-state index contributed by atoms with van der Waals surface area (Å²) in [5.41, 5.74) is 1.84. The van der Waals surface area contributed by atoms with Gasteiger partial charge in [-0.05, 0) is 35.9 Å². The van der Waals surface area contributed by atoms with Crippen LogP contribution in [0.25, 0.3) is 22.0 Å². The number of carbonyl (C=O) groups excluding carboxylic acids is 2. The molecule has 1 aromatic heterocycles. The number of amides is 1. The topological polar surface area (TPSA) is 97.5 Å². The molecule has 0 radical (unpaired) electrons. The van der Waals surface area contributed by atoms with Gasteiger partial charge in [0.1, 0.15) is 11.4 Å². The Bertz CT molecular complexity index is 1450. The van der Waals surface area contributed by atoms with Crippen molar-refractivity contribution in [1.82, 2.24) is 10.3 Å². The van der Waals surface area contributed by atoms with Gasteiger partial charge in [-0.1, -0.05) is 48.0 Å². The molecule has 0 aliphatic heterocycles. The Morgan fingerprint density at radius 1 is 1.00 bits per heavy atom. The highest BCUT2D eigenvalue weighted by Crippen LogP contribution is 2.35. The molecule has 7 nitrogen and oxygen atoms in total. The van der Waals surface area contributed by atoms with Crippen molar-refractivity contribution in [3.63, 3.8) is 0 Å². The zero-order valence-electron chi connectivity index (χ0n) is 18.5. The lowest BCUT2D eigenvalue weighted by Gasteiger charge is -2.16. The van der Waals surface area contributed by atoms with Crippen LogP contribution >= 0.6 is 11.6 Å². The van der Waals surface area contributed by atoms with Crippen LogP contribution in [0.1, 0.15) is 26.4 Å². The van der Waals surface area contributed by atoms with Crippen molar-refractivity contribution >= 4 is 34.4 Å². The average molecular weight is 477 g/mol. The molecule has 8 heteroatoms. The van der Waals surface area contributed by atoms with Gasteiger partial charge in [0, 0.05) is 28.1 Å². The van der Waals surface area contributed by atoms with Gasteiger partial charge in [0.15, 0.2) is 5.43 Å². The van der Waals surface area contributed by atoms with Crippen molar-refractivity contribution in [3.8, 4) is 16.9 Å². The molecule has 2 N–H and O–H groups in total. The molecule has 4 rings (SSSR count). The van der Waals surface area contributed by atoms with Crippen molar-refractivity contribution in [3.05, 3.63) is 98.8 Å². The lowest BCUT2D eigenvalue weighted by Crippen LogP contribution is -2.29. The van der Waals surface area contributed by atoms with Gasteiger partial charge >= 0.3 is 5.97 Å². The van der Waals surface area contributed by atoms with Crippen molar-refractivity contribution in [1.29, 1.82) is 0 Å². The smallest absolute Gasteiger partial charge is 0.354 e. The van der Waals surface area contributed by atoms with Crippen LogP contribution in [-0.2, 0) is 11.3 Å². The van der Waals surface area contributed by atoms with Crippen LogP contribution in [0, 0.1) is 0 Å². The van der Waals surface area contributed by atoms with E-state index in [1.165, 1.54) is 20.3 Å². The molecule has 172 valence electrons. The van der Waals surface area contributed by atoms with Crippen LogP contribution in [0.5, 0.6) is 5.75 Å². The summed E-state index contributed by atoms with van der Waals surface area (Å²) in [5, 5.41) is 3.44. The van der Waals surface area contributed by atoms with E-state index in [2.05, 4.69) is 10.3 Å². The number of H-pyrrole nitrogens is 1. The summed E-state index contributed by atoms with van der Waals surface area (Å²) in [6.07, 6.45) is 0. The third-order valence-corrected chi connectivity index (χ3v) is 5.66. The van der Waals surface area contributed by atoms with E-state index in [9.17, 15) is 14.4 Å². The molecule has 0 saturated heterocycles. The molecule has 0 aliphatic carbocycles. The Morgan fingerprint density at radius 3 is 2.44 bits per heavy atom. The zero-order valence-corrected chi connectivity index (χ0v) is 19.2. The van der Waals surface area contributed by atoms with E-state index in [1.807, 2.05) is 30.3 Å². The summed E-state index contributed by atoms with van der Waals surface area (Å²) in [7, 11) is 2.76. The maximum atomic E-state index is 13.5. The van der Waals surface area contributed by atoms with Crippen LogP contribution in [0.4, 0.5) is 0 Å². The third-order valence-electron chi connectivity index (χ3n) is 5.42. The first kappa shape index (κ1) is 23.1. The molecule has 0 unspecified atom stereocenters. The second kappa shape index (κ2) is 9.80. The Morgan fingerprint density at radius 2 is 1.76 bits per heavy atom. The fourth-order valence-corrected chi connectivity index (χ4v) is 3.98. The number of halogens is 1. The van der Waals surface area contributed by atoms with Gasteiger partial charge in [-0.2, -0.15) is 0 Å². The number of aromatic amines is 1. The summed E-state index contributed by atoms with van der Waals surface area (Å²) in [6, 6.07) is 19.1. The predicted molar refractivity (Wildman–Crippen MR) is 131 cm³/mol. The van der Waals surface area contributed by atoms with Gasteiger partial charge in [0.05, 0.1) is 25.3 Å². The lowest BCUT2D eigenvalue weighted by atomic mass is 9.98. The largest absolute Gasteiger partial charge is 0.496 e. The van der Waals surface area contributed by atoms with E-state index in [0.29, 0.717) is 32.8 Å². The number of methoxy groups -OCH3 is 2. The molecular formula is C26H21ClN2O5. The Hall–Kier alpha value is -4.10. The van der Waals surface area contributed by atoms with Crippen molar-refractivity contribution in [2.75, 3.05) is 14.2 Å². The standard InChI is InChI=1S/C26H21ClN2O5/c1-33-20-12-11-18-22(21(20)15-7-4-3-5-8-15)29-23(26(32)34-2)19(24(18)30)14-28-25(31)16-9-6-10-17(27)13-16/h3-13H,14H2,1-2H3,(H,28,31)(H,29,30). The fraction of sp³-hybridized carbons (Fsp3) is 0.115. The van der Waals surface area contributed by atoms with Gasteiger partial charge in [-0.3, -0.25) is 9.59 Å². The quantitative estimate of drug-likeness (QED) is 0.397. The van der Waals surface area contributed by atoms with Gasteiger partial charge in [-0.15, -0.1) is 0 Å². The van der Waals surface area contributed by atoms with Gasteiger partial charge < -0.3 is 19.8 Å². The number of esters is 1. The summed E-state index contributed by atoms with van der Waals surface area (Å²) in [6.45, 7) is -0.187. The molecule has 0 spiro atoms. The number of rotatable bonds is 6. The first-order valence-electron chi connectivity index (χ1n) is 10.4. The number of fused-ring (bicyclic) bond motifs is 1. The Labute approximate surface area is 200 Å². The minimum Gasteiger partial charge on any atom is -0.496 e. The second-order valence-corrected chi connectivity index (χ2v) is 7.86. The number of aromatic nitrogens is 1. The summed E-state index contributed by atoms with van der Waals surface area (Å²) in [4.78, 5) is 41.8. The molecule has 4 aromatic rings. The van der Waals surface area contributed by atoms with Crippen molar-refractivity contribution in [2.24, 2.45) is 0 Å². The number of carbonyl (C=O) groups is 2. The number of pyridine rings is 1. The van der Waals surface area contributed by atoms with Crippen LogP contribution in [-0.4, -0.2) is 31.1 Å². The normalized spacial score (nSPS) is 10.7. The predicted octanol–water partition coefficient (Wildman–Crippen LogP) is 4.57. The Balaban J connectivity index is 1.86. The minimum atomic E-state index is -0.729. The van der Waals surface area contributed by atoms with E-state index >= 15 is 0 Å². The lowest BCUT2D eigenvalue weighted by molar-refractivity contribution is 0.0592. The molecule has 0 atom stereocenters. The third kappa shape index (κ3) is 4.38. The van der Waals surface area contributed by atoms with E-state index in [4.69, 9.17) is 21.1 Å². The van der Waals surface area contributed by atoms with E-state index in [0.717, 1.165) is 5.56 Å². The van der Waals surface area contributed by atoms with Gasteiger partial charge in [0.25, 0.3) is 5.91 Å². The maximum absolute atomic E-state index is 13.5. The SMILES string of the molecule is COC(=O)c1[nH]c2c(-c3ccccc3)c(OC)ccc2c(=O)c1CNC(=O)c1cccc(Cl)c1. The minimum absolute atomic E-state index is 0.0446. The highest BCUT2D eigenvalue weighted by Gasteiger charge is 2.22. The number of hydrogen-bond acceptors (Lipinski definition) is 5. The molecule has 1 amide bonds. The van der Waals surface area contributed by atoms with Crippen LogP contribution in [0.2, 0.25) is 5.02 Å². The van der Waals surface area contributed by atoms with Crippen molar-refractivity contribution < 1.29 is 19.1 Å². The fourth-order valence-electron chi connectivity index (χ4n) is 3.79. The van der Waals surface area contributed by atoms with E-state index < -0.39 is 17.3 Å². The first-order chi connectivity index (χ1) is 16.4. The molecule has 34 heavy (non-hydrogen) atoms. The van der Waals surface area contributed by atoms with Crippen LogP contribution in [0.3, 0.4) is 0 Å². The van der Waals surface area contributed by atoms with Crippen LogP contribution in [0.15, 0.2) is 71.5 Å². The number of nitrogens with one attached hydrogen (secondary N) is 2. The molecule has 3 aromatic carbocycles. The average Bonchev–Trinajstić information content (AvgIpc) is 2.87. The van der Waals surface area contributed by atoms with Crippen molar-refractivity contribution in [2.45, 2.75) is 6.54 Å². The highest BCUT2D eigenvalue weighted by atomic mass is 35.5. The molecular weight excluding hydrogens is 456 g/mol. The summed E-state index contributed by atoms with van der Waals surface area (Å²) < 4.78 is 10.5. The molecule has 0 saturated carbocycles. The molecule has 0 aliphatic rings. The Kier molecular flexibility index (Phi) is 6.65. The molecule has 0 bridgehead atoms. The monoisotopic (exact) mass is 476 g/mol. The number of hydrogen-bond donors (Lipinski definition) is 2. The zero-order chi connectivity index (χ0) is 24.2. The maximum Gasteiger partial charge on any atom is 0.354 e. The summed E-state index contributed by atoms with van der Waals surface area (Å²) >= 11 is 5.97. The molecule has 0 fully saturated rings. The van der Waals surface area contributed by atoms with E-state index in [1.54, 1.807) is 30.3 Å².